The van der Waals surface area contributed by atoms with E-state index in [0.717, 1.165) is 23.6 Å². The van der Waals surface area contributed by atoms with Crippen molar-refractivity contribution in [2.45, 2.75) is 31.7 Å². The second kappa shape index (κ2) is 5.09. The number of likely N-dealkylation sites (N-methyl/N-ethyl adjacent to an activating group) is 1. The van der Waals surface area contributed by atoms with Crippen molar-refractivity contribution < 1.29 is 0 Å². The summed E-state index contributed by atoms with van der Waals surface area (Å²) in [6.07, 6.45) is 3.75. The van der Waals surface area contributed by atoms with Crippen LogP contribution in [0.5, 0.6) is 0 Å². The SMILES string of the molecule is Cc1nn(C)c(NCC2(N(C)C)CCC2)c1C(N)=S. The zero-order chi connectivity index (χ0) is 14.2. The first-order chi connectivity index (χ1) is 8.87. The van der Waals surface area contributed by atoms with Crippen molar-refractivity contribution in [1.29, 1.82) is 0 Å². The van der Waals surface area contributed by atoms with Gasteiger partial charge in [-0.05, 0) is 40.3 Å². The molecule has 0 radical (unpaired) electrons. The Bertz CT molecular complexity index is 487. The maximum absolute atomic E-state index is 5.80. The van der Waals surface area contributed by atoms with Gasteiger partial charge in [0.05, 0.1) is 11.3 Å². The number of nitrogens with one attached hydrogen (secondary N) is 1. The van der Waals surface area contributed by atoms with Crippen LogP contribution in [0, 0.1) is 6.92 Å². The summed E-state index contributed by atoms with van der Waals surface area (Å²) in [6.45, 7) is 2.83. The van der Waals surface area contributed by atoms with E-state index in [0.29, 0.717) is 4.99 Å². The summed E-state index contributed by atoms with van der Waals surface area (Å²) < 4.78 is 1.83. The number of anilines is 1. The Morgan fingerprint density at radius 3 is 2.58 bits per heavy atom. The standard InChI is InChI=1S/C13H23N5S/c1-9-10(11(14)19)12(18(4)16-9)15-8-13(17(2)3)6-5-7-13/h15H,5-8H2,1-4H3,(H2,14,19). The lowest BCUT2D eigenvalue weighted by Crippen LogP contribution is -2.54. The van der Waals surface area contributed by atoms with Crippen molar-refractivity contribution in [2.75, 3.05) is 26.0 Å². The van der Waals surface area contributed by atoms with Crippen LogP contribution in [-0.2, 0) is 7.05 Å². The third-order valence-electron chi connectivity index (χ3n) is 4.29. The molecule has 0 amide bonds. The van der Waals surface area contributed by atoms with Crippen LogP contribution in [0.2, 0.25) is 0 Å². The summed E-state index contributed by atoms with van der Waals surface area (Å²) >= 11 is 5.13. The van der Waals surface area contributed by atoms with Crippen molar-refractivity contribution in [3.63, 3.8) is 0 Å². The molecule has 1 heterocycles. The van der Waals surface area contributed by atoms with Crippen molar-refractivity contribution in [3.05, 3.63) is 11.3 Å². The molecule has 0 aliphatic heterocycles. The van der Waals surface area contributed by atoms with Gasteiger partial charge in [0.15, 0.2) is 0 Å². The molecule has 0 bridgehead atoms. The molecule has 0 saturated heterocycles. The van der Waals surface area contributed by atoms with Gasteiger partial charge in [-0.1, -0.05) is 12.2 Å². The Balaban J connectivity index is 2.18. The van der Waals surface area contributed by atoms with E-state index in [2.05, 4.69) is 29.4 Å². The lowest BCUT2D eigenvalue weighted by molar-refractivity contribution is 0.0737. The summed E-state index contributed by atoms with van der Waals surface area (Å²) in [6, 6.07) is 0. The summed E-state index contributed by atoms with van der Waals surface area (Å²) in [5.74, 6) is 0.929. The first-order valence-electron chi connectivity index (χ1n) is 6.62. The van der Waals surface area contributed by atoms with Crippen LogP contribution in [0.15, 0.2) is 0 Å². The number of hydrogen-bond donors (Lipinski definition) is 2. The van der Waals surface area contributed by atoms with Crippen molar-refractivity contribution in [2.24, 2.45) is 12.8 Å². The zero-order valence-corrected chi connectivity index (χ0v) is 13.0. The van der Waals surface area contributed by atoms with E-state index >= 15 is 0 Å². The Morgan fingerprint density at radius 2 is 2.16 bits per heavy atom. The van der Waals surface area contributed by atoms with Crippen LogP contribution in [-0.4, -0.2) is 45.8 Å². The third-order valence-corrected chi connectivity index (χ3v) is 4.49. The number of rotatable bonds is 5. The maximum Gasteiger partial charge on any atom is 0.134 e. The van der Waals surface area contributed by atoms with Crippen molar-refractivity contribution in [1.82, 2.24) is 14.7 Å². The highest BCUT2D eigenvalue weighted by Gasteiger charge is 2.39. The van der Waals surface area contributed by atoms with Crippen LogP contribution >= 0.6 is 12.2 Å². The topological polar surface area (TPSA) is 59.1 Å². The second-order valence-corrected chi connectivity index (χ2v) is 6.06. The van der Waals surface area contributed by atoms with Gasteiger partial charge in [-0.2, -0.15) is 5.10 Å². The van der Waals surface area contributed by atoms with Gasteiger partial charge in [-0.15, -0.1) is 0 Å². The lowest BCUT2D eigenvalue weighted by atomic mass is 9.75. The van der Waals surface area contributed by atoms with Crippen molar-refractivity contribution in [3.8, 4) is 0 Å². The highest BCUT2D eigenvalue weighted by atomic mass is 32.1. The monoisotopic (exact) mass is 281 g/mol. The van der Waals surface area contributed by atoms with E-state index in [9.17, 15) is 0 Å². The highest BCUT2D eigenvalue weighted by Crippen LogP contribution is 2.36. The molecule has 1 aliphatic rings. The number of aromatic nitrogens is 2. The number of aryl methyl sites for hydroxylation is 2. The average Bonchev–Trinajstić information content (AvgIpc) is 2.51. The minimum Gasteiger partial charge on any atom is -0.389 e. The van der Waals surface area contributed by atoms with E-state index in [1.165, 1.54) is 19.3 Å². The molecule has 1 aromatic rings. The molecule has 6 heteroatoms. The molecule has 1 saturated carbocycles. The third kappa shape index (κ3) is 2.47. The Kier molecular flexibility index (Phi) is 3.82. The summed E-state index contributed by atoms with van der Waals surface area (Å²) in [4.78, 5) is 2.72. The molecule has 5 nitrogen and oxygen atoms in total. The zero-order valence-electron chi connectivity index (χ0n) is 12.2. The summed E-state index contributed by atoms with van der Waals surface area (Å²) in [5.41, 5.74) is 7.80. The molecule has 1 fully saturated rings. The summed E-state index contributed by atoms with van der Waals surface area (Å²) in [5, 5.41) is 7.89. The lowest BCUT2D eigenvalue weighted by Gasteiger charge is -2.47. The number of thiocarbonyl (C=S) groups is 1. The van der Waals surface area contributed by atoms with E-state index in [-0.39, 0.29) is 5.54 Å². The van der Waals surface area contributed by atoms with E-state index in [4.69, 9.17) is 18.0 Å². The van der Waals surface area contributed by atoms with Gasteiger partial charge < -0.3 is 16.0 Å². The molecule has 2 rings (SSSR count). The molecule has 0 spiro atoms. The first-order valence-corrected chi connectivity index (χ1v) is 7.03. The second-order valence-electron chi connectivity index (χ2n) is 5.62. The molecule has 0 unspecified atom stereocenters. The Hall–Kier alpha value is -1.14. The van der Waals surface area contributed by atoms with Gasteiger partial charge in [-0.25, -0.2) is 0 Å². The van der Waals surface area contributed by atoms with E-state index in [1.54, 1.807) is 0 Å². The van der Waals surface area contributed by atoms with Gasteiger partial charge in [0.1, 0.15) is 10.8 Å². The predicted molar refractivity (Wildman–Crippen MR) is 82.6 cm³/mol. The number of hydrogen-bond acceptors (Lipinski definition) is 4. The molecule has 0 aromatic carbocycles. The number of nitrogens with zero attached hydrogens (tertiary/aromatic N) is 3. The molecular weight excluding hydrogens is 258 g/mol. The fraction of sp³-hybridized carbons (Fsp3) is 0.692. The fourth-order valence-corrected chi connectivity index (χ4v) is 3.02. The number of nitrogens with two attached hydrogens (primary N) is 1. The van der Waals surface area contributed by atoms with Crippen LogP contribution in [0.1, 0.15) is 30.5 Å². The van der Waals surface area contributed by atoms with Gasteiger partial charge in [0.25, 0.3) is 0 Å². The predicted octanol–water partition coefficient (Wildman–Crippen LogP) is 1.26. The van der Waals surface area contributed by atoms with Gasteiger partial charge in [0, 0.05) is 19.1 Å². The largest absolute Gasteiger partial charge is 0.389 e. The minimum atomic E-state index is 0.256. The Labute approximate surface area is 120 Å². The van der Waals surface area contributed by atoms with Gasteiger partial charge in [-0.3, -0.25) is 4.68 Å². The summed E-state index contributed by atoms with van der Waals surface area (Å²) in [7, 11) is 6.20. The molecule has 106 valence electrons. The maximum atomic E-state index is 5.80. The molecule has 0 atom stereocenters. The first kappa shape index (κ1) is 14.3. The fourth-order valence-electron chi connectivity index (χ4n) is 2.77. The highest BCUT2D eigenvalue weighted by molar-refractivity contribution is 7.80. The molecular formula is C13H23N5S. The van der Waals surface area contributed by atoms with E-state index < -0.39 is 0 Å². The Morgan fingerprint density at radius 1 is 1.53 bits per heavy atom. The van der Waals surface area contributed by atoms with E-state index in [1.807, 2.05) is 18.7 Å². The smallest absolute Gasteiger partial charge is 0.134 e. The molecule has 1 aromatic heterocycles. The van der Waals surface area contributed by atoms with Gasteiger partial charge in [0.2, 0.25) is 0 Å². The molecule has 1 aliphatic carbocycles. The minimum absolute atomic E-state index is 0.256. The quantitative estimate of drug-likeness (QED) is 0.796. The van der Waals surface area contributed by atoms with Gasteiger partial charge >= 0.3 is 0 Å². The van der Waals surface area contributed by atoms with Crippen LogP contribution in [0.25, 0.3) is 0 Å². The van der Waals surface area contributed by atoms with Crippen LogP contribution < -0.4 is 11.1 Å². The van der Waals surface area contributed by atoms with Crippen LogP contribution in [0.4, 0.5) is 5.82 Å². The van der Waals surface area contributed by atoms with Crippen LogP contribution in [0.3, 0.4) is 0 Å². The molecule has 3 N–H and O–H groups in total. The molecule has 19 heavy (non-hydrogen) atoms. The van der Waals surface area contributed by atoms with Crippen molar-refractivity contribution >= 4 is 23.0 Å². The average molecular weight is 281 g/mol. The normalized spacial score (nSPS) is 17.3.